The first-order valence-corrected chi connectivity index (χ1v) is 7.27. The van der Waals surface area contributed by atoms with E-state index in [-0.39, 0.29) is 24.2 Å². The number of halogens is 2. The molecule has 5 unspecified atom stereocenters. The maximum atomic E-state index is 6.29. The molecule has 19 heavy (non-hydrogen) atoms. The summed E-state index contributed by atoms with van der Waals surface area (Å²) in [5.41, 5.74) is 3.86. The van der Waals surface area contributed by atoms with Crippen molar-refractivity contribution in [3.05, 3.63) is 33.8 Å². The van der Waals surface area contributed by atoms with Gasteiger partial charge in [-0.1, -0.05) is 36.2 Å². The number of ether oxygens (including phenoxy) is 1. The van der Waals surface area contributed by atoms with Crippen LogP contribution in [0.15, 0.2) is 18.2 Å². The SMILES string of the molecule is CC1OC(C)C(C(NN)c2ccc(Cl)cc2Cl)C1C. The van der Waals surface area contributed by atoms with Gasteiger partial charge in [0, 0.05) is 16.0 Å². The molecule has 1 heterocycles. The van der Waals surface area contributed by atoms with Crippen molar-refractivity contribution < 1.29 is 4.74 Å². The van der Waals surface area contributed by atoms with Crippen LogP contribution in [0.25, 0.3) is 0 Å². The van der Waals surface area contributed by atoms with Crippen molar-refractivity contribution in [1.82, 2.24) is 5.43 Å². The third kappa shape index (κ3) is 2.91. The van der Waals surface area contributed by atoms with E-state index in [4.69, 9.17) is 33.8 Å². The normalized spacial score (nSPS) is 32.5. The molecule has 0 spiro atoms. The Morgan fingerprint density at radius 2 is 1.89 bits per heavy atom. The van der Waals surface area contributed by atoms with Gasteiger partial charge in [-0.15, -0.1) is 0 Å². The summed E-state index contributed by atoms with van der Waals surface area (Å²) in [6.45, 7) is 6.37. The van der Waals surface area contributed by atoms with Crippen LogP contribution in [0.2, 0.25) is 10.0 Å². The number of hydrazine groups is 1. The van der Waals surface area contributed by atoms with Crippen molar-refractivity contribution in [1.29, 1.82) is 0 Å². The zero-order valence-corrected chi connectivity index (χ0v) is 12.9. The largest absolute Gasteiger partial charge is 0.375 e. The molecule has 0 bridgehead atoms. The average molecular weight is 303 g/mol. The lowest BCUT2D eigenvalue weighted by Gasteiger charge is -2.29. The number of nitrogens with one attached hydrogen (secondary N) is 1. The molecule has 0 saturated carbocycles. The second kappa shape index (κ2) is 5.98. The Morgan fingerprint density at radius 1 is 1.21 bits per heavy atom. The van der Waals surface area contributed by atoms with Crippen molar-refractivity contribution in [3.8, 4) is 0 Å². The van der Waals surface area contributed by atoms with Crippen molar-refractivity contribution in [2.45, 2.75) is 39.0 Å². The molecule has 1 fully saturated rings. The molecule has 0 amide bonds. The Hall–Kier alpha value is -0.320. The van der Waals surface area contributed by atoms with Crippen LogP contribution in [0, 0.1) is 11.8 Å². The molecule has 0 aliphatic carbocycles. The number of benzene rings is 1. The van der Waals surface area contributed by atoms with Crippen molar-refractivity contribution in [2.24, 2.45) is 17.7 Å². The van der Waals surface area contributed by atoms with Gasteiger partial charge in [-0.05, 0) is 37.5 Å². The lowest BCUT2D eigenvalue weighted by atomic mass is 9.81. The minimum absolute atomic E-state index is 0.0419. The zero-order valence-electron chi connectivity index (χ0n) is 11.4. The van der Waals surface area contributed by atoms with Crippen molar-refractivity contribution in [3.63, 3.8) is 0 Å². The van der Waals surface area contributed by atoms with Gasteiger partial charge in [0.15, 0.2) is 0 Å². The highest BCUT2D eigenvalue weighted by molar-refractivity contribution is 6.35. The monoisotopic (exact) mass is 302 g/mol. The maximum Gasteiger partial charge on any atom is 0.0601 e. The molecule has 5 atom stereocenters. The number of nitrogens with two attached hydrogens (primary N) is 1. The summed E-state index contributed by atoms with van der Waals surface area (Å²) in [6.07, 6.45) is 0.361. The van der Waals surface area contributed by atoms with Crippen LogP contribution in [0.4, 0.5) is 0 Å². The highest BCUT2D eigenvalue weighted by Crippen LogP contribution is 2.42. The molecule has 5 heteroatoms. The van der Waals surface area contributed by atoms with Crippen LogP contribution < -0.4 is 11.3 Å². The van der Waals surface area contributed by atoms with E-state index >= 15 is 0 Å². The van der Waals surface area contributed by atoms with Crippen LogP contribution >= 0.6 is 23.2 Å². The molecule has 1 saturated heterocycles. The second-order valence-corrected chi connectivity index (χ2v) is 6.14. The first-order valence-electron chi connectivity index (χ1n) is 6.52. The quantitative estimate of drug-likeness (QED) is 0.663. The summed E-state index contributed by atoms with van der Waals surface area (Å²) < 4.78 is 5.89. The molecule has 1 aromatic carbocycles. The molecule has 1 aliphatic heterocycles. The predicted molar refractivity (Wildman–Crippen MR) is 79.2 cm³/mol. The van der Waals surface area contributed by atoms with E-state index in [9.17, 15) is 0 Å². The lowest BCUT2D eigenvalue weighted by Crippen LogP contribution is -2.38. The molecule has 106 valence electrons. The zero-order chi connectivity index (χ0) is 14.2. The van der Waals surface area contributed by atoms with E-state index in [1.807, 2.05) is 12.1 Å². The van der Waals surface area contributed by atoms with E-state index < -0.39 is 0 Å². The van der Waals surface area contributed by atoms with Gasteiger partial charge in [0.25, 0.3) is 0 Å². The van der Waals surface area contributed by atoms with Gasteiger partial charge in [-0.3, -0.25) is 11.3 Å². The summed E-state index contributed by atoms with van der Waals surface area (Å²) in [5.74, 6) is 6.45. The van der Waals surface area contributed by atoms with Gasteiger partial charge in [0.1, 0.15) is 0 Å². The Morgan fingerprint density at radius 3 is 2.37 bits per heavy atom. The minimum atomic E-state index is -0.0419. The van der Waals surface area contributed by atoms with E-state index in [0.29, 0.717) is 16.0 Å². The summed E-state index contributed by atoms with van der Waals surface area (Å²) in [4.78, 5) is 0. The fourth-order valence-electron chi connectivity index (χ4n) is 3.03. The van der Waals surface area contributed by atoms with Gasteiger partial charge >= 0.3 is 0 Å². The summed E-state index contributed by atoms with van der Waals surface area (Å²) in [6, 6.07) is 5.47. The van der Waals surface area contributed by atoms with Crippen LogP contribution in [0.1, 0.15) is 32.4 Å². The second-order valence-electron chi connectivity index (χ2n) is 5.29. The smallest absolute Gasteiger partial charge is 0.0601 e. The van der Waals surface area contributed by atoms with Crippen molar-refractivity contribution in [2.75, 3.05) is 0 Å². The van der Waals surface area contributed by atoms with Gasteiger partial charge in [0.2, 0.25) is 0 Å². The maximum absolute atomic E-state index is 6.29. The standard InChI is InChI=1S/C14H20Cl2N2O/c1-7-8(2)19-9(3)13(7)14(18-17)11-5-4-10(15)6-12(11)16/h4-9,13-14,18H,17H2,1-3H3. The van der Waals surface area contributed by atoms with Gasteiger partial charge < -0.3 is 4.74 Å². The van der Waals surface area contributed by atoms with Gasteiger partial charge in [-0.25, -0.2) is 0 Å². The van der Waals surface area contributed by atoms with E-state index in [1.54, 1.807) is 6.07 Å². The highest BCUT2D eigenvalue weighted by Gasteiger charge is 2.42. The Balaban J connectivity index is 2.34. The Kier molecular flexibility index (Phi) is 4.75. The third-order valence-corrected chi connectivity index (χ3v) is 4.74. The number of rotatable bonds is 3. The molecule has 3 nitrogen and oxygen atoms in total. The van der Waals surface area contributed by atoms with E-state index in [0.717, 1.165) is 5.56 Å². The molecule has 3 N–H and O–H groups in total. The highest BCUT2D eigenvalue weighted by atomic mass is 35.5. The topological polar surface area (TPSA) is 47.3 Å². The molecular formula is C14H20Cl2N2O. The first-order chi connectivity index (χ1) is 8.95. The summed E-state index contributed by atoms with van der Waals surface area (Å²) in [7, 11) is 0. The molecule has 0 radical (unpaired) electrons. The van der Waals surface area contributed by atoms with Gasteiger partial charge in [-0.2, -0.15) is 0 Å². The third-order valence-electron chi connectivity index (χ3n) is 4.18. The predicted octanol–water partition coefficient (Wildman–Crippen LogP) is 3.56. The van der Waals surface area contributed by atoms with Crippen LogP contribution in [0.3, 0.4) is 0 Å². The minimum Gasteiger partial charge on any atom is -0.375 e. The van der Waals surface area contributed by atoms with Crippen LogP contribution in [0.5, 0.6) is 0 Å². The first kappa shape index (κ1) is 15.1. The van der Waals surface area contributed by atoms with Crippen molar-refractivity contribution >= 4 is 23.2 Å². The summed E-state index contributed by atoms with van der Waals surface area (Å²) in [5, 5.41) is 1.26. The average Bonchev–Trinajstić information content (AvgIpc) is 2.59. The number of hydrogen-bond donors (Lipinski definition) is 2. The Labute approximate surface area is 124 Å². The van der Waals surface area contributed by atoms with E-state index in [1.165, 1.54) is 0 Å². The molecule has 2 rings (SSSR count). The Bertz CT molecular complexity index is 455. The summed E-state index contributed by atoms with van der Waals surface area (Å²) >= 11 is 12.2. The fourth-order valence-corrected chi connectivity index (χ4v) is 3.56. The molecule has 1 aliphatic rings. The molecule has 1 aromatic rings. The lowest BCUT2D eigenvalue weighted by molar-refractivity contribution is 0.0475. The fraction of sp³-hybridized carbons (Fsp3) is 0.571. The van der Waals surface area contributed by atoms with Gasteiger partial charge in [0.05, 0.1) is 18.2 Å². The molecule has 0 aromatic heterocycles. The molecular weight excluding hydrogens is 283 g/mol. The van der Waals surface area contributed by atoms with Crippen LogP contribution in [-0.2, 0) is 4.74 Å². The van der Waals surface area contributed by atoms with Crippen LogP contribution in [-0.4, -0.2) is 12.2 Å². The number of hydrogen-bond acceptors (Lipinski definition) is 3. The van der Waals surface area contributed by atoms with E-state index in [2.05, 4.69) is 26.2 Å².